The van der Waals surface area contributed by atoms with Crippen molar-refractivity contribution in [3.8, 4) is 0 Å². The highest BCUT2D eigenvalue weighted by molar-refractivity contribution is 5.98. The van der Waals surface area contributed by atoms with Crippen molar-refractivity contribution < 1.29 is 4.43 Å². The van der Waals surface area contributed by atoms with Gasteiger partial charge in [0.25, 0.3) is 0 Å². The van der Waals surface area contributed by atoms with E-state index < -0.39 is 0 Å². The standard InChI is InChI=1S/C24H52OSi/c1-5-8-11-14-17-20-23(4)24(25-26,21-18-15-12-9-6-2)22-19-16-13-10-7-3/h23H,5-22H2,1-4,26H3. The average Bonchev–Trinajstić information content (AvgIpc) is 2.65. The van der Waals surface area contributed by atoms with Gasteiger partial charge in [0, 0.05) is 0 Å². The normalized spacial score (nSPS) is 13.4. The number of unbranched alkanes of at least 4 members (excludes halogenated alkanes) is 12. The molecule has 0 aromatic rings. The Morgan fingerprint density at radius 1 is 0.615 bits per heavy atom. The Morgan fingerprint density at radius 2 is 1.00 bits per heavy atom. The van der Waals surface area contributed by atoms with E-state index in [9.17, 15) is 0 Å². The van der Waals surface area contributed by atoms with E-state index in [0.717, 1.165) is 16.4 Å². The van der Waals surface area contributed by atoms with E-state index in [2.05, 4.69) is 27.7 Å². The zero-order chi connectivity index (χ0) is 19.5. The Balaban J connectivity index is 4.48. The van der Waals surface area contributed by atoms with Crippen molar-refractivity contribution in [1.82, 2.24) is 0 Å². The maximum atomic E-state index is 6.43. The minimum atomic E-state index is 0.204. The van der Waals surface area contributed by atoms with Gasteiger partial charge in [-0.3, -0.25) is 0 Å². The fourth-order valence-electron chi connectivity index (χ4n) is 4.40. The smallest absolute Gasteiger partial charge is 0.146 e. The Morgan fingerprint density at radius 3 is 1.38 bits per heavy atom. The molecule has 26 heavy (non-hydrogen) atoms. The van der Waals surface area contributed by atoms with Gasteiger partial charge in [-0.15, -0.1) is 0 Å². The number of rotatable bonds is 20. The lowest BCUT2D eigenvalue weighted by molar-refractivity contribution is -0.00329. The van der Waals surface area contributed by atoms with Gasteiger partial charge in [0.1, 0.15) is 10.5 Å². The van der Waals surface area contributed by atoms with Gasteiger partial charge in [0.2, 0.25) is 0 Å². The first-order valence-electron chi connectivity index (χ1n) is 12.2. The molecule has 0 heterocycles. The van der Waals surface area contributed by atoms with Crippen LogP contribution < -0.4 is 0 Å². The van der Waals surface area contributed by atoms with Crippen molar-refractivity contribution in [2.75, 3.05) is 0 Å². The quantitative estimate of drug-likeness (QED) is 0.154. The molecule has 0 spiro atoms. The maximum absolute atomic E-state index is 6.43. The van der Waals surface area contributed by atoms with E-state index >= 15 is 0 Å². The molecule has 158 valence electrons. The molecule has 0 saturated heterocycles. The minimum Gasteiger partial charge on any atom is -0.422 e. The van der Waals surface area contributed by atoms with Crippen LogP contribution in [0.4, 0.5) is 0 Å². The third kappa shape index (κ3) is 12.5. The van der Waals surface area contributed by atoms with Gasteiger partial charge >= 0.3 is 0 Å². The number of hydrogen-bond donors (Lipinski definition) is 0. The molecule has 0 aliphatic rings. The van der Waals surface area contributed by atoms with Crippen LogP contribution >= 0.6 is 0 Å². The molecule has 0 aliphatic heterocycles. The number of hydrogen-bond acceptors (Lipinski definition) is 1. The Labute approximate surface area is 170 Å². The van der Waals surface area contributed by atoms with Crippen molar-refractivity contribution in [1.29, 1.82) is 0 Å². The van der Waals surface area contributed by atoms with Gasteiger partial charge in [-0.05, 0) is 25.2 Å². The van der Waals surface area contributed by atoms with Crippen LogP contribution in [0.15, 0.2) is 0 Å². The highest BCUT2D eigenvalue weighted by Gasteiger charge is 2.34. The first kappa shape index (κ1) is 26.2. The first-order chi connectivity index (χ1) is 12.7. The topological polar surface area (TPSA) is 9.23 Å². The fraction of sp³-hybridized carbons (Fsp3) is 1.00. The van der Waals surface area contributed by atoms with E-state index in [1.54, 1.807) is 0 Å². The molecule has 1 unspecified atom stereocenters. The van der Waals surface area contributed by atoms with Crippen molar-refractivity contribution >= 4 is 10.5 Å². The van der Waals surface area contributed by atoms with Gasteiger partial charge in [-0.1, -0.05) is 124 Å². The maximum Gasteiger partial charge on any atom is 0.146 e. The summed E-state index contributed by atoms with van der Waals surface area (Å²) in [6, 6.07) is 0. The summed E-state index contributed by atoms with van der Waals surface area (Å²) in [6.45, 7) is 9.42. The summed E-state index contributed by atoms with van der Waals surface area (Å²) in [5, 5.41) is 0. The van der Waals surface area contributed by atoms with Crippen molar-refractivity contribution in [3.05, 3.63) is 0 Å². The fourth-order valence-corrected chi connectivity index (χ4v) is 5.21. The second-order valence-corrected chi connectivity index (χ2v) is 9.11. The predicted octanol–water partition coefficient (Wildman–Crippen LogP) is 7.74. The Hall–Kier alpha value is 0.177. The highest BCUT2D eigenvalue weighted by atomic mass is 28.2. The monoisotopic (exact) mass is 384 g/mol. The van der Waals surface area contributed by atoms with Crippen LogP contribution in [0, 0.1) is 5.92 Å². The van der Waals surface area contributed by atoms with Crippen LogP contribution in [0.5, 0.6) is 0 Å². The SMILES string of the molecule is CCCCCCCC(C)C(CCCCCCC)(CCCCCCC)O[SiH3]. The molecule has 0 aromatic heterocycles. The second kappa shape index (κ2) is 18.5. The van der Waals surface area contributed by atoms with Gasteiger partial charge in [0.15, 0.2) is 0 Å². The summed E-state index contributed by atoms with van der Waals surface area (Å²) in [4.78, 5) is 0. The summed E-state index contributed by atoms with van der Waals surface area (Å²) in [7, 11) is 0.894. The van der Waals surface area contributed by atoms with Gasteiger partial charge < -0.3 is 4.43 Å². The molecule has 0 aromatic carbocycles. The molecular formula is C24H52OSi. The molecule has 2 heteroatoms. The van der Waals surface area contributed by atoms with Crippen LogP contribution in [0.3, 0.4) is 0 Å². The predicted molar refractivity (Wildman–Crippen MR) is 123 cm³/mol. The summed E-state index contributed by atoms with van der Waals surface area (Å²) < 4.78 is 6.43. The molecule has 0 radical (unpaired) electrons. The van der Waals surface area contributed by atoms with E-state index in [4.69, 9.17) is 4.43 Å². The van der Waals surface area contributed by atoms with E-state index in [0.29, 0.717) is 0 Å². The molecule has 0 bridgehead atoms. The Bertz CT molecular complexity index is 265. The van der Waals surface area contributed by atoms with E-state index in [1.165, 1.54) is 116 Å². The average molecular weight is 385 g/mol. The lowest BCUT2D eigenvalue weighted by Gasteiger charge is -2.40. The van der Waals surface area contributed by atoms with Crippen LogP contribution in [-0.4, -0.2) is 16.1 Å². The molecule has 0 N–H and O–H groups in total. The molecule has 1 nitrogen and oxygen atoms in total. The van der Waals surface area contributed by atoms with E-state index in [-0.39, 0.29) is 5.60 Å². The lowest BCUT2D eigenvalue weighted by Crippen LogP contribution is -2.39. The second-order valence-electron chi connectivity index (χ2n) is 8.70. The lowest BCUT2D eigenvalue weighted by atomic mass is 9.77. The van der Waals surface area contributed by atoms with Crippen LogP contribution in [0.1, 0.15) is 143 Å². The zero-order valence-electron chi connectivity index (χ0n) is 19.2. The van der Waals surface area contributed by atoms with Crippen LogP contribution in [0.2, 0.25) is 0 Å². The Kier molecular flexibility index (Phi) is 18.7. The summed E-state index contributed by atoms with van der Waals surface area (Å²) >= 11 is 0. The van der Waals surface area contributed by atoms with Crippen molar-refractivity contribution in [3.63, 3.8) is 0 Å². The summed E-state index contributed by atoms with van der Waals surface area (Å²) in [6.07, 6.45) is 24.8. The minimum absolute atomic E-state index is 0.204. The van der Waals surface area contributed by atoms with Crippen LogP contribution in [-0.2, 0) is 4.43 Å². The molecule has 0 fully saturated rings. The third-order valence-electron chi connectivity index (χ3n) is 6.45. The molecular weight excluding hydrogens is 332 g/mol. The molecule has 0 amide bonds. The van der Waals surface area contributed by atoms with Crippen molar-refractivity contribution in [2.24, 2.45) is 5.92 Å². The summed E-state index contributed by atoms with van der Waals surface area (Å²) in [5.74, 6) is 0.735. The summed E-state index contributed by atoms with van der Waals surface area (Å²) in [5.41, 5.74) is 0.204. The molecule has 0 aliphatic carbocycles. The van der Waals surface area contributed by atoms with E-state index in [1.807, 2.05) is 0 Å². The molecule has 0 saturated carbocycles. The zero-order valence-corrected chi connectivity index (χ0v) is 21.2. The highest BCUT2D eigenvalue weighted by Crippen LogP contribution is 2.36. The molecule has 1 atom stereocenters. The van der Waals surface area contributed by atoms with Crippen molar-refractivity contribution in [2.45, 2.75) is 149 Å². The van der Waals surface area contributed by atoms with Gasteiger partial charge in [-0.2, -0.15) is 0 Å². The largest absolute Gasteiger partial charge is 0.422 e. The third-order valence-corrected chi connectivity index (χ3v) is 7.27. The molecule has 0 rings (SSSR count). The first-order valence-corrected chi connectivity index (χ1v) is 13.0. The van der Waals surface area contributed by atoms with Crippen LogP contribution in [0.25, 0.3) is 0 Å². The van der Waals surface area contributed by atoms with Gasteiger partial charge in [0.05, 0.1) is 5.60 Å². The van der Waals surface area contributed by atoms with Gasteiger partial charge in [-0.25, -0.2) is 0 Å².